The Kier molecular flexibility index (Phi) is 5.63. The highest BCUT2D eigenvalue weighted by molar-refractivity contribution is 5.95. The summed E-state index contributed by atoms with van der Waals surface area (Å²) in [6.07, 6.45) is 2.03. The van der Waals surface area contributed by atoms with Gasteiger partial charge in [0.2, 0.25) is 5.91 Å². The first kappa shape index (κ1) is 15.0. The van der Waals surface area contributed by atoms with Crippen LogP contribution in [-0.2, 0) is 4.79 Å². The van der Waals surface area contributed by atoms with Crippen molar-refractivity contribution in [3.8, 4) is 0 Å². The molecule has 0 spiro atoms. The molecule has 1 atom stereocenters. The lowest BCUT2D eigenvalue weighted by atomic mass is 10.0. The smallest absolute Gasteiger partial charge is 0.241 e. The third-order valence-electron chi connectivity index (χ3n) is 3.20. The van der Waals surface area contributed by atoms with E-state index in [2.05, 4.69) is 36.6 Å². The highest BCUT2D eigenvalue weighted by Crippen LogP contribution is 2.19. The van der Waals surface area contributed by atoms with Crippen molar-refractivity contribution in [2.24, 2.45) is 0 Å². The van der Waals surface area contributed by atoms with Crippen molar-refractivity contribution in [3.05, 3.63) is 29.8 Å². The first-order valence-corrected chi connectivity index (χ1v) is 6.31. The maximum Gasteiger partial charge on any atom is 0.241 e. The van der Waals surface area contributed by atoms with Crippen molar-refractivity contribution in [2.45, 2.75) is 38.6 Å². The summed E-state index contributed by atoms with van der Waals surface area (Å²) in [5.41, 5.74) is 2.15. The summed E-state index contributed by atoms with van der Waals surface area (Å²) >= 11 is 0. The normalized spacial score (nSPS) is 18.5. The van der Waals surface area contributed by atoms with E-state index in [1.807, 2.05) is 12.1 Å². The SMILES string of the molecule is CC(C)c1cccc(NC(=O)C2CCCN2)c1.Cl. The average molecular weight is 269 g/mol. The molecular formula is C14H21ClN2O. The van der Waals surface area contributed by atoms with Gasteiger partial charge >= 0.3 is 0 Å². The van der Waals surface area contributed by atoms with E-state index in [0.29, 0.717) is 5.92 Å². The fraction of sp³-hybridized carbons (Fsp3) is 0.500. The molecule has 1 unspecified atom stereocenters. The summed E-state index contributed by atoms with van der Waals surface area (Å²) in [5, 5.41) is 6.18. The third kappa shape index (κ3) is 3.72. The summed E-state index contributed by atoms with van der Waals surface area (Å²) in [7, 11) is 0. The average Bonchev–Trinajstić information content (AvgIpc) is 2.82. The van der Waals surface area contributed by atoms with E-state index in [4.69, 9.17) is 0 Å². The number of nitrogens with one attached hydrogen (secondary N) is 2. The second-order valence-corrected chi connectivity index (χ2v) is 4.92. The lowest BCUT2D eigenvalue weighted by Crippen LogP contribution is -2.35. The summed E-state index contributed by atoms with van der Waals surface area (Å²) in [6, 6.07) is 8.06. The summed E-state index contributed by atoms with van der Waals surface area (Å²) in [5.74, 6) is 0.569. The minimum absolute atomic E-state index is 0. The van der Waals surface area contributed by atoms with Crippen LogP contribution in [-0.4, -0.2) is 18.5 Å². The number of benzene rings is 1. The largest absolute Gasteiger partial charge is 0.325 e. The first-order valence-electron chi connectivity index (χ1n) is 6.31. The molecule has 2 N–H and O–H groups in total. The van der Waals surface area contributed by atoms with Crippen LogP contribution in [0.4, 0.5) is 5.69 Å². The van der Waals surface area contributed by atoms with Gasteiger partial charge in [0.25, 0.3) is 0 Å². The van der Waals surface area contributed by atoms with Crippen LogP contribution in [0.3, 0.4) is 0 Å². The lowest BCUT2D eigenvalue weighted by Gasteiger charge is -2.13. The molecule has 1 aromatic carbocycles. The lowest BCUT2D eigenvalue weighted by molar-refractivity contribution is -0.117. The molecule has 2 rings (SSSR count). The quantitative estimate of drug-likeness (QED) is 0.885. The number of hydrogen-bond acceptors (Lipinski definition) is 2. The van der Waals surface area contributed by atoms with Crippen molar-refractivity contribution >= 4 is 24.0 Å². The Labute approximate surface area is 115 Å². The molecule has 0 radical (unpaired) electrons. The molecule has 3 nitrogen and oxygen atoms in total. The second-order valence-electron chi connectivity index (χ2n) is 4.92. The Morgan fingerprint density at radius 1 is 1.44 bits per heavy atom. The Morgan fingerprint density at radius 2 is 2.22 bits per heavy atom. The predicted octanol–water partition coefficient (Wildman–Crippen LogP) is 2.92. The summed E-state index contributed by atoms with van der Waals surface area (Å²) < 4.78 is 0. The van der Waals surface area contributed by atoms with Crippen LogP contribution < -0.4 is 10.6 Å². The van der Waals surface area contributed by atoms with Crippen molar-refractivity contribution in [2.75, 3.05) is 11.9 Å². The van der Waals surface area contributed by atoms with Crippen LogP contribution >= 0.6 is 12.4 Å². The molecule has 1 aliphatic rings. The number of amides is 1. The Morgan fingerprint density at radius 3 is 2.83 bits per heavy atom. The van der Waals surface area contributed by atoms with E-state index in [1.165, 1.54) is 5.56 Å². The zero-order valence-corrected chi connectivity index (χ0v) is 11.7. The van der Waals surface area contributed by atoms with Crippen molar-refractivity contribution in [3.63, 3.8) is 0 Å². The molecule has 4 heteroatoms. The van der Waals surface area contributed by atoms with E-state index in [1.54, 1.807) is 0 Å². The van der Waals surface area contributed by atoms with E-state index in [0.717, 1.165) is 25.1 Å². The van der Waals surface area contributed by atoms with Gasteiger partial charge in [-0.25, -0.2) is 0 Å². The Hall–Kier alpha value is -1.06. The van der Waals surface area contributed by atoms with E-state index >= 15 is 0 Å². The maximum absolute atomic E-state index is 11.9. The summed E-state index contributed by atoms with van der Waals surface area (Å²) in [6.45, 7) is 5.25. The van der Waals surface area contributed by atoms with Gasteiger partial charge < -0.3 is 10.6 Å². The van der Waals surface area contributed by atoms with Crippen LogP contribution in [0.15, 0.2) is 24.3 Å². The molecule has 1 aromatic rings. The molecular weight excluding hydrogens is 248 g/mol. The minimum Gasteiger partial charge on any atom is -0.325 e. The van der Waals surface area contributed by atoms with Gasteiger partial charge in [-0.1, -0.05) is 26.0 Å². The van der Waals surface area contributed by atoms with Crippen molar-refractivity contribution < 1.29 is 4.79 Å². The molecule has 1 amide bonds. The van der Waals surface area contributed by atoms with Gasteiger partial charge in [0.05, 0.1) is 6.04 Å². The molecule has 1 saturated heterocycles. The number of carbonyl (C=O) groups is 1. The molecule has 0 aliphatic carbocycles. The molecule has 1 heterocycles. The molecule has 0 aromatic heterocycles. The van der Waals surface area contributed by atoms with Crippen molar-refractivity contribution in [1.82, 2.24) is 5.32 Å². The van der Waals surface area contributed by atoms with Gasteiger partial charge in [0, 0.05) is 5.69 Å². The van der Waals surface area contributed by atoms with Gasteiger partial charge in [-0.2, -0.15) is 0 Å². The summed E-state index contributed by atoms with van der Waals surface area (Å²) in [4.78, 5) is 11.9. The minimum atomic E-state index is -0.0160. The van der Waals surface area contributed by atoms with Gasteiger partial charge in [0.15, 0.2) is 0 Å². The van der Waals surface area contributed by atoms with E-state index in [9.17, 15) is 4.79 Å². The van der Waals surface area contributed by atoms with Gasteiger partial charge in [-0.3, -0.25) is 4.79 Å². The highest BCUT2D eigenvalue weighted by atomic mass is 35.5. The van der Waals surface area contributed by atoms with E-state index in [-0.39, 0.29) is 24.4 Å². The van der Waals surface area contributed by atoms with Crippen LogP contribution in [0, 0.1) is 0 Å². The number of hydrogen-bond donors (Lipinski definition) is 2. The number of rotatable bonds is 3. The second kappa shape index (κ2) is 6.76. The van der Waals surface area contributed by atoms with Gasteiger partial charge in [0.1, 0.15) is 0 Å². The fourth-order valence-electron chi connectivity index (χ4n) is 2.11. The van der Waals surface area contributed by atoms with Crippen LogP contribution in [0.2, 0.25) is 0 Å². The topological polar surface area (TPSA) is 41.1 Å². The van der Waals surface area contributed by atoms with Gasteiger partial charge in [-0.15, -0.1) is 12.4 Å². The molecule has 100 valence electrons. The molecule has 0 saturated carbocycles. The molecule has 0 bridgehead atoms. The zero-order chi connectivity index (χ0) is 12.3. The number of carbonyl (C=O) groups excluding carboxylic acids is 1. The first-order chi connectivity index (χ1) is 8.16. The predicted molar refractivity (Wildman–Crippen MR) is 77.4 cm³/mol. The number of halogens is 1. The zero-order valence-electron chi connectivity index (χ0n) is 10.9. The monoisotopic (exact) mass is 268 g/mol. The third-order valence-corrected chi connectivity index (χ3v) is 3.20. The molecule has 1 fully saturated rings. The standard InChI is InChI=1S/C14H20N2O.ClH/c1-10(2)11-5-3-6-12(9-11)16-14(17)13-7-4-8-15-13;/h3,5-6,9-10,13,15H,4,7-8H2,1-2H3,(H,16,17);1H. The van der Waals surface area contributed by atoms with Crippen molar-refractivity contribution in [1.29, 1.82) is 0 Å². The van der Waals surface area contributed by atoms with E-state index < -0.39 is 0 Å². The van der Waals surface area contributed by atoms with Gasteiger partial charge in [-0.05, 0) is 43.0 Å². The number of anilines is 1. The molecule has 18 heavy (non-hydrogen) atoms. The van der Waals surface area contributed by atoms with Crippen LogP contribution in [0.1, 0.15) is 38.2 Å². The van der Waals surface area contributed by atoms with Crippen LogP contribution in [0.5, 0.6) is 0 Å². The Bertz CT molecular complexity index is 401. The Balaban J connectivity index is 0.00000162. The maximum atomic E-state index is 11.9. The highest BCUT2D eigenvalue weighted by Gasteiger charge is 2.21. The van der Waals surface area contributed by atoms with Crippen LogP contribution in [0.25, 0.3) is 0 Å². The molecule has 1 aliphatic heterocycles. The fourth-order valence-corrected chi connectivity index (χ4v) is 2.11.